The van der Waals surface area contributed by atoms with E-state index in [1.54, 1.807) is 22.5 Å². The van der Waals surface area contributed by atoms with Gasteiger partial charge in [0.05, 0.1) is 4.90 Å². The van der Waals surface area contributed by atoms with E-state index in [1.165, 1.54) is 6.07 Å². The molecule has 0 amide bonds. The molecule has 18 heavy (non-hydrogen) atoms. The fourth-order valence-electron chi connectivity index (χ4n) is 2.79. The zero-order valence-corrected chi connectivity index (χ0v) is 11.4. The Morgan fingerprint density at radius 1 is 1.22 bits per heavy atom. The van der Waals surface area contributed by atoms with E-state index in [0.29, 0.717) is 34.8 Å². The van der Waals surface area contributed by atoms with Gasteiger partial charge < -0.3 is 5.32 Å². The lowest BCUT2D eigenvalue weighted by Crippen LogP contribution is -2.31. The summed E-state index contributed by atoms with van der Waals surface area (Å²) in [6.45, 7) is 3.08. The lowest BCUT2D eigenvalue weighted by molar-refractivity contribution is 0.448. The second kappa shape index (κ2) is 4.49. The predicted octanol–water partition coefficient (Wildman–Crippen LogP) is 1.18. The average Bonchev–Trinajstić information content (AvgIpc) is 2.89. The van der Waals surface area contributed by atoms with Gasteiger partial charge in [-0.25, -0.2) is 8.42 Å². The van der Waals surface area contributed by atoms with Crippen molar-refractivity contribution >= 4 is 21.6 Å². The molecule has 2 heterocycles. The van der Waals surface area contributed by atoms with Gasteiger partial charge in [0, 0.05) is 18.1 Å². The summed E-state index contributed by atoms with van der Waals surface area (Å²) in [7, 11) is -3.38. The molecular weight excluding hydrogens is 272 g/mol. The Labute approximate surface area is 112 Å². The SMILES string of the molecule is O=S(=O)(c1cccc(Cl)c1)N1CC2CNCC2C1. The van der Waals surface area contributed by atoms with Crippen molar-refractivity contribution < 1.29 is 8.42 Å². The van der Waals surface area contributed by atoms with Gasteiger partial charge in [0.15, 0.2) is 0 Å². The summed E-state index contributed by atoms with van der Waals surface area (Å²) in [4.78, 5) is 0.294. The monoisotopic (exact) mass is 286 g/mol. The van der Waals surface area contributed by atoms with Crippen molar-refractivity contribution in [1.82, 2.24) is 9.62 Å². The fraction of sp³-hybridized carbons (Fsp3) is 0.500. The molecule has 0 bridgehead atoms. The molecule has 1 N–H and O–H groups in total. The molecule has 0 aromatic heterocycles. The van der Waals surface area contributed by atoms with E-state index in [0.717, 1.165) is 13.1 Å². The van der Waals surface area contributed by atoms with Gasteiger partial charge in [-0.3, -0.25) is 0 Å². The van der Waals surface area contributed by atoms with E-state index in [1.807, 2.05) is 0 Å². The van der Waals surface area contributed by atoms with E-state index in [-0.39, 0.29) is 0 Å². The van der Waals surface area contributed by atoms with Gasteiger partial charge in [-0.15, -0.1) is 0 Å². The Hall–Kier alpha value is -0.620. The van der Waals surface area contributed by atoms with Crippen LogP contribution in [0.3, 0.4) is 0 Å². The molecular formula is C12H15ClN2O2S. The van der Waals surface area contributed by atoms with Crippen molar-refractivity contribution in [1.29, 1.82) is 0 Å². The molecule has 0 saturated carbocycles. The van der Waals surface area contributed by atoms with Crippen molar-refractivity contribution in [2.45, 2.75) is 4.90 Å². The first-order chi connectivity index (χ1) is 8.57. The molecule has 4 nitrogen and oxygen atoms in total. The first kappa shape index (κ1) is 12.4. The molecule has 1 aromatic rings. The Kier molecular flexibility index (Phi) is 3.10. The van der Waals surface area contributed by atoms with Crippen LogP contribution in [0.25, 0.3) is 0 Å². The topological polar surface area (TPSA) is 49.4 Å². The van der Waals surface area contributed by atoms with Crippen molar-refractivity contribution in [3.05, 3.63) is 29.3 Å². The minimum Gasteiger partial charge on any atom is -0.316 e. The average molecular weight is 287 g/mol. The van der Waals surface area contributed by atoms with Gasteiger partial charge in [0.25, 0.3) is 0 Å². The molecule has 2 saturated heterocycles. The van der Waals surface area contributed by atoms with Crippen LogP contribution in [0.1, 0.15) is 0 Å². The molecule has 2 atom stereocenters. The molecule has 2 aliphatic rings. The minimum absolute atomic E-state index is 0.294. The van der Waals surface area contributed by atoms with Crippen molar-refractivity contribution in [2.24, 2.45) is 11.8 Å². The van der Waals surface area contributed by atoms with Gasteiger partial charge in [-0.1, -0.05) is 17.7 Å². The molecule has 2 aliphatic heterocycles. The third-order valence-electron chi connectivity index (χ3n) is 3.79. The van der Waals surface area contributed by atoms with Crippen LogP contribution in [0.4, 0.5) is 0 Å². The molecule has 0 aliphatic carbocycles. The largest absolute Gasteiger partial charge is 0.316 e. The highest BCUT2D eigenvalue weighted by Gasteiger charge is 2.41. The van der Waals surface area contributed by atoms with Crippen LogP contribution < -0.4 is 5.32 Å². The first-order valence-corrected chi connectivity index (χ1v) is 7.85. The number of benzene rings is 1. The van der Waals surface area contributed by atoms with Crippen LogP contribution in [-0.4, -0.2) is 38.9 Å². The van der Waals surface area contributed by atoms with Gasteiger partial charge in [-0.2, -0.15) is 4.31 Å². The van der Waals surface area contributed by atoms with Crippen LogP contribution in [-0.2, 0) is 10.0 Å². The molecule has 2 unspecified atom stereocenters. The van der Waals surface area contributed by atoms with E-state index >= 15 is 0 Å². The van der Waals surface area contributed by atoms with E-state index in [9.17, 15) is 8.42 Å². The van der Waals surface area contributed by atoms with Gasteiger partial charge in [-0.05, 0) is 43.1 Å². The third-order valence-corrected chi connectivity index (χ3v) is 5.85. The molecule has 0 radical (unpaired) electrons. The highest BCUT2D eigenvalue weighted by Crippen LogP contribution is 2.31. The lowest BCUT2D eigenvalue weighted by atomic mass is 10.0. The predicted molar refractivity (Wildman–Crippen MR) is 70.1 cm³/mol. The number of fused-ring (bicyclic) bond motifs is 1. The number of halogens is 1. The Morgan fingerprint density at radius 2 is 1.89 bits per heavy atom. The minimum atomic E-state index is -3.38. The number of hydrogen-bond donors (Lipinski definition) is 1. The highest BCUT2D eigenvalue weighted by molar-refractivity contribution is 7.89. The van der Waals surface area contributed by atoms with Gasteiger partial charge in [0.2, 0.25) is 10.0 Å². The second-order valence-electron chi connectivity index (χ2n) is 4.96. The lowest BCUT2D eigenvalue weighted by Gasteiger charge is -2.17. The number of nitrogens with zero attached hydrogens (tertiary/aromatic N) is 1. The van der Waals surface area contributed by atoms with Crippen LogP contribution >= 0.6 is 11.6 Å². The summed E-state index contributed by atoms with van der Waals surface area (Å²) in [5, 5.41) is 3.76. The molecule has 2 fully saturated rings. The summed E-state index contributed by atoms with van der Waals surface area (Å²) < 4.78 is 26.5. The molecule has 98 valence electrons. The highest BCUT2D eigenvalue weighted by atomic mass is 35.5. The Morgan fingerprint density at radius 3 is 2.50 bits per heavy atom. The first-order valence-electron chi connectivity index (χ1n) is 6.04. The van der Waals surface area contributed by atoms with Gasteiger partial charge >= 0.3 is 0 Å². The molecule has 6 heteroatoms. The van der Waals surface area contributed by atoms with Crippen LogP contribution in [0.15, 0.2) is 29.2 Å². The third kappa shape index (κ3) is 2.05. The summed E-state index contributed by atoms with van der Waals surface area (Å²) >= 11 is 5.86. The number of hydrogen-bond acceptors (Lipinski definition) is 3. The fourth-order valence-corrected chi connectivity index (χ4v) is 4.64. The smallest absolute Gasteiger partial charge is 0.243 e. The summed E-state index contributed by atoms with van der Waals surface area (Å²) in [6, 6.07) is 6.48. The maximum Gasteiger partial charge on any atom is 0.243 e. The Balaban J connectivity index is 1.87. The normalized spacial score (nSPS) is 28.5. The molecule has 1 aromatic carbocycles. The van der Waals surface area contributed by atoms with Crippen molar-refractivity contribution in [3.63, 3.8) is 0 Å². The standard InChI is InChI=1S/C12H15ClN2O2S/c13-11-2-1-3-12(4-11)18(16,17)15-7-9-5-14-6-10(9)8-15/h1-4,9-10,14H,5-8H2. The number of sulfonamides is 1. The van der Waals surface area contributed by atoms with E-state index in [4.69, 9.17) is 11.6 Å². The number of rotatable bonds is 2. The van der Waals surface area contributed by atoms with Crippen molar-refractivity contribution in [3.8, 4) is 0 Å². The van der Waals surface area contributed by atoms with Crippen LogP contribution in [0.5, 0.6) is 0 Å². The summed E-state index contributed by atoms with van der Waals surface area (Å²) in [6.07, 6.45) is 0. The van der Waals surface area contributed by atoms with Gasteiger partial charge in [0.1, 0.15) is 0 Å². The quantitative estimate of drug-likeness (QED) is 0.888. The zero-order chi connectivity index (χ0) is 12.8. The summed E-state index contributed by atoms with van der Waals surface area (Å²) in [5.74, 6) is 0.915. The zero-order valence-electron chi connectivity index (χ0n) is 9.84. The Bertz CT molecular complexity index is 549. The van der Waals surface area contributed by atoms with E-state index in [2.05, 4.69) is 5.32 Å². The van der Waals surface area contributed by atoms with Crippen molar-refractivity contribution in [2.75, 3.05) is 26.2 Å². The maximum absolute atomic E-state index is 12.5. The van der Waals surface area contributed by atoms with Crippen LogP contribution in [0, 0.1) is 11.8 Å². The molecule has 0 spiro atoms. The molecule has 3 rings (SSSR count). The second-order valence-corrected chi connectivity index (χ2v) is 7.33. The maximum atomic E-state index is 12.5. The van der Waals surface area contributed by atoms with E-state index < -0.39 is 10.0 Å². The van der Waals surface area contributed by atoms with Crippen LogP contribution in [0.2, 0.25) is 5.02 Å². The number of nitrogens with one attached hydrogen (secondary N) is 1. The summed E-state index contributed by atoms with van der Waals surface area (Å²) in [5.41, 5.74) is 0.